The molecule has 0 amide bonds. The lowest BCUT2D eigenvalue weighted by Crippen LogP contribution is -1.79. The summed E-state index contributed by atoms with van der Waals surface area (Å²) in [5, 5.41) is 0. The first-order valence-electron chi connectivity index (χ1n) is 7.67. The van der Waals surface area contributed by atoms with Crippen LogP contribution in [-0.2, 0) is 0 Å². The van der Waals surface area contributed by atoms with E-state index in [1.807, 2.05) is 6.07 Å². The van der Waals surface area contributed by atoms with Gasteiger partial charge >= 0.3 is 0 Å². The van der Waals surface area contributed by atoms with Crippen molar-refractivity contribution in [2.45, 2.75) is 0 Å². The average molecular weight is 359 g/mol. The Morgan fingerprint density at radius 1 is 0.609 bits per heavy atom. The van der Waals surface area contributed by atoms with Crippen molar-refractivity contribution in [3.05, 3.63) is 106 Å². The van der Waals surface area contributed by atoms with Gasteiger partial charge in [0.05, 0.1) is 0 Å². The van der Waals surface area contributed by atoms with Gasteiger partial charge in [0.2, 0.25) is 0 Å². The SMILES string of the molecule is Brc1ccccc1C=CC=C1c2ccccc2-c2ccccc21. The molecule has 110 valence electrons. The Labute approximate surface area is 144 Å². The standard InChI is InChI=1S/C22H15Br/c23-22-15-6-1-8-16(22)9-7-14-21-19-12-4-2-10-17(19)18-11-3-5-13-20(18)21/h1-15H. The van der Waals surface area contributed by atoms with E-state index in [9.17, 15) is 0 Å². The second-order valence-corrected chi connectivity index (χ2v) is 6.41. The van der Waals surface area contributed by atoms with E-state index in [1.54, 1.807) is 0 Å². The quantitative estimate of drug-likeness (QED) is 0.379. The number of halogens is 1. The molecule has 0 saturated carbocycles. The van der Waals surface area contributed by atoms with Crippen molar-refractivity contribution in [2.24, 2.45) is 0 Å². The number of rotatable bonds is 2. The lowest BCUT2D eigenvalue weighted by Gasteiger charge is -2.01. The van der Waals surface area contributed by atoms with Crippen LogP contribution >= 0.6 is 15.9 Å². The Balaban J connectivity index is 1.78. The molecule has 0 fully saturated rings. The summed E-state index contributed by atoms with van der Waals surface area (Å²) in [6.45, 7) is 0. The molecule has 0 aliphatic heterocycles. The molecule has 23 heavy (non-hydrogen) atoms. The number of fused-ring (bicyclic) bond motifs is 3. The van der Waals surface area contributed by atoms with E-state index in [2.05, 4.69) is 101 Å². The van der Waals surface area contributed by atoms with E-state index in [1.165, 1.54) is 33.4 Å². The Hall–Kier alpha value is -2.38. The number of allylic oxidation sites excluding steroid dienone is 2. The van der Waals surface area contributed by atoms with Crippen LogP contribution in [0.1, 0.15) is 16.7 Å². The maximum absolute atomic E-state index is 3.59. The number of hydrogen-bond acceptors (Lipinski definition) is 0. The highest BCUT2D eigenvalue weighted by Gasteiger charge is 2.21. The van der Waals surface area contributed by atoms with Gasteiger partial charge in [-0.05, 0) is 39.5 Å². The van der Waals surface area contributed by atoms with Crippen molar-refractivity contribution < 1.29 is 0 Å². The third-order valence-electron chi connectivity index (χ3n) is 4.17. The van der Waals surface area contributed by atoms with Gasteiger partial charge in [-0.15, -0.1) is 0 Å². The Bertz CT molecular complexity index is 884. The Morgan fingerprint density at radius 2 is 1.13 bits per heavy atom. The summed E-state index contributed by atoms with van der Waals surface area (Å²) in [5.41, 5.74) is 7.74. The van der Waals surface area contributed by atoms with Crippen LogP contribution in [0.2, 0.25) is 0 Å². The molecule has 1 aliphatic carbocycles. The number of benzene rings is 3. The van der Waals surface area contributed by atoms with Crippen LogP contribution in [0.4, 0.5) is 0 Å². The molecule has 3 aromatic rings. The van der Waals surface area contributed by atoms with Crippen molar-refractivity contribution >= 4 is 27.6 Å². The second kappa shape index (κ2) is 6.02. The third kappa shape index (κ3) is 2.58. The van der Waals surface area contributed by atoms with Gasteiger partial charge in [-0.25, -0.2) is 0 Å². The third-order valence-corrected chi connectivity index (χ3v) is 4.89. The molecule has 1 heteroatoms. The fraction of sp³-hybridized carbons (Fsp3) is 0. The van der Waals surface area contributed by atoms with E-state index in [0.717, 1.165) is 4.47 Å². The normalized spacial score (nSPS) is 12.3. The van der Waals surface area contributed by atoms with Crippen molar-refractivity contribution in [1.82, 2.24) is 0 Å². The zero-order valence-electron chi connectivity index (χ0n) is 12.5. The zero-order valence-corrected chi connectivity index (χ0v) is 14.1. The summed E-state index contributed by atoms with van der Waals surface area (Å²) in [7, 11) is 0. The van der Waals surface area contributed by atoms with Gasteiger partial charge in [0.1, 0.15) is 0 Å². The molecule has 0 radical (unpaired) electrons. The minimum atomic E-state index is 1.11. The largest absolute Gasteiger partial charge is 0.0616 e. The molecule has 0 heterocycles. The maximum Gasteiger partial charge on any atom is 0.0247 e. The van der Waals surface area contributed by atoms with Gasteiger partial charge in [-0.1, -0.05) is 101 Å². The molecule has 0 nitrogen and oxygen atoms in total. The highest BCUT2D eigenvalue weighted by atomic mass is 79.9. The molecule has 4 rings (SSSR count). The molecule has 3 aromatic carbocycles. The van der Waals surface area contributed by atoms with E-state index < -0.39 is 0 Å². The molecule has 0 atom stereocenters. The molecular weight excluding hydrogens is 344 g/mol. The average Bonchev–Trinajstić information content (AvgIpc) is 2.91. The highest BCUT2D eigenvalue weighted by molar-refractivity contribution is 9.10. The van der Waals surface area contributed by atoms with E-state index in [0.29, 0.717) is 0 Å². The summed E-state index contributed by atoms with van der Waals surface area (Å²) < 4.78 is 1.11. The summed E-state index contributed by atoms with van der Waals surface area (Å²) in [6, 6.07) is 25.5. The first kappa shape index (κ1) is 14.2. The van der Waals surface area contributed by atoms with Crippen LogP contribution in [0.3, 0.4) is 0 Å². The lowest BCUT2D eigenvalue weighted by molar-refractivity contribution is 1.60. The van der Waals surface area contributed by atoms with Gasteiger partial charge in [-0.3, -0.25) is 0 Å². The van der Waals surface area contributed by atoms with Gasteiger partial charge in [0.15, 0.2) is 0 Å². The fourth-order valence-corrected chi connectivity index (χ4v) is 3.51. The van der Waals surface area contributed by atoms with E-state index in [4.69, 9.17) is 0 Å². The van der Waals surface area contributed by atoms with Crippen LogP contribution in [0, 0.1) is 0 Å². The second-order valence-electron chi connectivity index (χ2n) is 5.55. The first-order chi connectivity index (χ1) is 11.3. The van der Waals surface area contributed by atoms with E-state index >= 15 is 0 Å². The van der Waals surface area contributed by atoms with Crippen LogP contribution in [0.25, 0.3) is 22.8 Å². The number of hydrogen-bond donors (Lipinski definition) is 0. The van der Waals surface area contributed by atoms with Crippen molar-refractivity contribution in [3.63, 3.8) is 0 Å². The molecular formula is C22H15Br. The summed E-state index contributed by atoms with van der Waals surface area (Å²) in [5.74, 6) is 0. The predicted molar refractivity (Wildman–Crippen MR) is 102 cm³/mol. The van der Waals surface area contributed by atoms with Gasteiger partial charge in [0, 0.05) is 4.47 Å². The van der Waals surface area contributed by atoms with Crippen LogP contribution in [0.15, 0.2) is 89.4 Å². The minimum absolute atomic E-state index is 1.11. The topological polar surface area (TPSA) is 0 Å². The fourth-order valence-electron chi connectivity index (χ4n) is 3.09. The summed E-state index contributed by atoms with van der Waals surface area (Å²) >= 11 is 3.59. The summed E-state index contributed by atoms with van der Waals surface area (Å²) in [6.07, 6.45) is 6.49. The van der Waals surface area contributed by atoms with Crippen molar-refractivity contribution in [2.75, 3.05) is 0 Å². The lowest BCUT2D eigenvalue weighted by atomic mass is 10.0. The van der Waals surface area contributed by atoms with Crippen molar-refractivity contribution in [3.8, 4) is 11.1 Å². The van der Waals surface area contributed by atoms with Crippen LogP contribution in [0.5, 0.6) is 0 Å². The van der Waals surface area contributed by atoms with Crippen molar-refractivity contribution in [1.29, 1.82) is 0 Å². The molecule has 1 aliphatic rings. The van der Waals surface area contributed by atoms with Crippen LogP contribution in [-0.4, -0.2) is 0 Å². The molecule has 0 spiro atoms. The molecule has 0 unspecified atom stereocenters. The molecule has 0 saturated heterocycles. The monoisotopic (exact) mass is 358 g/mol. The Morgan fingerprint density at radius 3 is 1.74 bits per heavy atom. The molecule has 0 N–H and O–H groups in total. The summed E-state index contributed by atoms with van der Waals surface area (Å²) in [4.78, 5) is 0. The molecule has 0 aromatic heterocycles. The van der Waals surface area contributed by atoms with Gasteiger partial charge in [0.25, 0.3) is 0 Å². The maximum atomic E-state index is 3.59. The smallest absolute Gasteiger partial charge is 0.0247 e. The van der Waals surface area contributed by atoms with Gasteiger partial charge < -0.3 is 0 Å². The Kier molecular flexibility index (Phi) is 3.72. The van der Waals surface area contributed by atoms with Gasteiger partial charge in [-0.2, -0.15) is 0 Å². The zero-order chi connectivity index (χ0) is 15.6. The minimum Gasteiger partial charge on any atom is -0.0616 e. The highest BCUT2D eigenvalue weighted by Crippen LogP contribution is 2.43. The van der Waals surface area contributed by atoms with E-state index in [-0.39, 0.29) is 0 Å². The first-order valence-corrected chi connectivity index (χ1v) is 8.46. The molecule has 0 bridgehead atoms. The predicted octanol–water partition coefficient (Wildman–Crippen LogP) is 6.57. The van der Waals surface area contributed by atoms with Crippen LogP contribution < -0.4 is 0 Å².